The van der Waals surface area contributed by atoms with Crippen molar-refractivity contribution in [3.05, 3.63) is 83.4 Å². The minimum Gasteiger partial charge on any atom is -0.454 e. The second kappa shape index (κ2) is 8.31. The lowest BCUT2D eigenvalue weighted by molar-refractivity contribution is 0.0939. The van der Waals surface area contributed by atoms with E-state index in [0.29, 0.717) is 17.2 Å². The van der Waals surface area contributed by atoms with Gasteiger partial charge in [0.25, 0.3) is 15.9 Å². The van der Waals surface area contributed by atoms with Gasteiger partial charge in [0.2, 0.25) is 6.79 Å². The van der Waals surface area contributed by atoms with E-state index < -0.39 is 10.0 Å². The molecular weight excluding hydrogens is 416 g/mol. The summed E-state index contributed by atoms with van der Waals surface area (Å²) in [5.74, 6) is 0.924. The minimum absolute atomic E-state index is 0.0106. The van der Waals surface area contributed by atoms with Gasteiger partial charge in [-0.25, -0.2) is 8.42 Å². The number of sulfonamides is 1. The first-order chi connectivity index (χ1) is 14.8. The highest BCUT2D eigenvalue weighted by atomic mass is 32.2. The molecule has 0 fully saturated rings. The monoisotopic (exact) mass is 438 g/mol. The number of rotatable bonds is 6. The molecule has 0 spiro atoms. The van der Waals surface area contributed by atoms with Crippen LogP contribution in [-0.4, -0.2) is 21.1 Å². The average Bonchev–Trinajstić information content (AvgIpc) is 3.23. The normalized spacial score (nSPS) is 13.5. The van der Waals surface area contributed by atoms with Gasteiger partial charge in [-0.3, -0.25) is 9.52 Å². The van der Waals surface area contributed by atoms with Gasteiger partial charge in [0, 0.05) is 11.3 Å². The molecule has 0 radical (unpaired) electrons. The Morgan fingerprint density at radius 2 is 1.71 bits per heavy atom. The fourth-order valence-corrected chi connectivity index (χ4v) is 4.29. The van der Waals surface area contributed by atoms with E-state index in [4.69, 9.17) is 9.47 Å². The number of ether oxygens (including phenoxy) is 2. The molecule has 160 valence electrons. The van der Waals surface area contributed by atoms with E-state index in [2.05, 4.69) is 10.0 Å². The molecule has 0 saturated carbocycles. The minimum atomic E-state index is -3.83. The van der Waals surface area contributed by atoms with E-state index in [1.165, 1.54) is 12.1 Å². The summed E-state index contributed by atoms with van der Waals surface area (Å²) in [5, 5.41) is 2.89. The highest BCUT2D eigenvalue weighted by Crippen LogP contribution is 2.34. The molecular formula is C23H22N2O5S. The van der Waals surface area contributed by atoms with Gasteiger partial charge in [-0.15, -0.1) is 0 Å². The number of nitrogens with one attached hydrogen (secondary N) is 2. The number of hydrogen-bond donors (Lipinski definition) is 2. The van der Waals surface area contributed by atoms with Crippen molar-refractivity contribution in [3.63, 3.8) is 0 Å². The molecule has 0 aliphatic carbocycles. The molecule has 0 saturated heterocycles. The lowest BCUT2D eigenvalue weighted by Crippen LogP contribution is -2.27. The summed E-state index contributed by atoms with van der Waals surface area (Å²) in [4.78, 5) is 12.8. The van der Waals surface area contributed by atoms with E-state index in [1.807, 2.05) is 38.1 Å². The Hall–Kier alpha value is -3.52. The predicted molar refractivity (Wildman–Crippen MR) is 117 cm³/mol. The number of amides is 1. The number of aryl methyl sites for hydroxylation is 1. The quantitative estimate of drug-likeness (QED) is 0.606. The van der Waals surface area contributed by atoms with Crippen molar-refractivity contribution in [2.24, 2.45) is 0 Å². The first kappa shape index (κ1) is 20.7. The van der Waals surface area contributed by atoms with Crippen molar-refractivity contribution >= 4 is 21.6 Å². The molecule has 1 atom stereocenters. The summed E-state index contributed by atoms with van der Waals surface area (Å²) >= 11 is 0. The van der Waals surface area contributed by atoms with Gasteiger partial charge < -0.3 is 14.8 Å². The van der Waals surface area contributed by atoms with E-state index in [0.717, 1.165) is 11.1 Å². The highest BCUT2D eigenvalue weighted by molar-refractivity contribution is 7.92. The van der Waals surface area contributed by atoms with Crippen molar-refractivity contribution in [1.82, 2.24) is 5.32 Å². The van der Waals surface area contributed by atoms with Gasteiger partial charge in [0.15, 0.2) is 11.5 Å². The maximum atomic E-state index is 12.8. The molecule has 3 aromatic rings. The molecule has 1 heterocycles. The molecule has 2 N–H and O–H groups in total. The molecule has 0 aromatic heterocycles. The summed E-state index contributed by atoms with van der Waals surface area (Å²) in [5.41, 5.74) is 2.58. The molecule has 3 aromatic carbocycles. The fourth-order valence-electron chi connectivity index (χ4n) is 3.19. The zero-order valence-corrected chi connectivity index (χ0v) is 17.9. The summed E-state index contributed by atoms with van der Waals surface area (Å²) in [7, 11) is -3.83. The molecule has 4 rings (SSSR count). The van der Waals surface area contributed by atoms with Crippen LogP contribution in [-0.2, 0) is 10.0 Å². The van der Waals surface area contributed by atoms with E-state index >= 15 is 0 Å². The van der Waals surface area contributed by atoms with Gasteiger partial charge in [-0.2, -0.15) is 0 Å². The lowest BCUT2D eigenvalue weighted by atomic mass is 10.1. The first-order valence-electron chi connectivity index (χ1n) is 9.72. The van der Waals surface area contributed by atoms with Crippen LogP contribution in [0.1, 0.15) is 34.5 Å². The number of anilines is 1. The molecule has 8 heteroatoms. The molecule has 1 aliphatic heterocycles. The zero-order chi connectivity index (χ0) is 22.0. The van der Waals surface area contributed by atoms with E-state index in [9.17, 15) is 13.2 Å². The molecule has 1 aliphatic rings. The number of fused-ring (bicyclic) bond motifs is 1. The third kappa shape index (κ3) is 4.64. The largest absolute Gasteiger partial charge is 0.454 e. The number of hydrogen-bond acceptors (Lipinski definition) is 5. The number of benzene rings is 3. The fraction of sp³-hybridized carbons (Fsp3) is 0.174. The Kier molecular flexibility index (Phi) is 5.56. The molecule has 7 nitrogen and oxygen atoms in total. The second-order valence-corrected chi connectivity index (χ2v) is 8.99. The van der Waals surface area contributed by atoms with Gasteiger partial charge in [-0.1, -0.05) is 29.8 Å². The van der Waals surface area contributed by atoms with Crippen LogP contribution in [0.2, 0.25) is 0 Å². The smallest absolute Gasteiger partial charge is 0.261 e. The SMILES string of the molecule is Cc1ccc(NS(=O)(=O)c2cccc(C(=O)N[C@@H](C)c3ccc4c(c3)OCO4)c2)cc1. The van der Waals surface area contributed by atoms with Gasteiger partial charge in [0.05, 0.1) is 10.9 Å². The van der Waals surface area contributed by atoms with E-state index in [1.54, 1.807) is 30.3 Å². The van der Waals surface area contributed by atoms with Gasteiger partial charge >= 0.3 is 0 Å². The summed E-state index contributed by atoms with van der Waals surface area (Å²) in [6, 6.07) is 18.1. The molecule has 0 bridgehead atoms. The Balaban J connectivity index is 1.49. The summed E-state index contributed by atoms with van der Waals surface area (Å²) in [6.07, 6.45) is 0. The average molecular weight is 439 g/mol. The predicted octanol–water partition coefficient (Wildman–Crippen LogP) is 4.02. The zero-order valence-electron chi connectivity index (χ0n) is 17.1. The molecule has 1 amide bonds. The topological polar surface area (TPSA) is 93.7 Å². The van der Waals surface area contributed by atoms with Crippen LogP contribution in [0.5, 0.6) is 11.5 Å². The Labute approximate surface area is 181 Å². The van der Waals surface area contributed by atoms with Gasteiger partial charge in [-0.05, 0) is 61.9 Å². The molecule has 0 unspecified atom stereocenters. The lowest BCUT2D eigenvalue weighted by Gasteiger charge is -2.15. The highest BCUT2D eigenvalue weighted by Gasteiger charge is 2.19. The summed E-state index contributed by atoms with van der Waals surface area (Å²) in [6.45, 7) is 3.94. The number of carbonyl (C=O) groups is 1. The van der Waals surface area contributed by atoms with Crippen LogP contribution in [0.4, 0.5) is 5.69 Å². The van der Waals surface area contributed by atoms with Crippen LogP contribution < -0.4 is 19.5 Å². The van der Waals surface area contributed by atoms with Crippen LogP contribution in [0.25, 0.3) is 0 Å². The van der Waals surface area contributed by atoms with Crippen LogP contribution in [0.15, 0.2) is 71.6 Å². The second-order valence-electron chi connectivity index (χ2n) is 7.31. The maximum absolute atomic E-state index is 12.8. The Morgan fingerprint density at radius 3 is 2.48 bits per heavy atom. The standard InChI is InChI=1S/C23H22N2O5S/c1-15-6-9-19(10-7-15)25-31(27,28)20-5-3-4-18(12-20)23(26)24-16(2)17-8-11-21-22(13-17)30-14-29-21/h3-13,16,25H,14H2,1-2H3,(H,24,26)/t16-/m0/s1. The number of carbonyl (C=O) groups excluding carboxylic acids is 1. The Bertz CT molecular complexity index is 1220. The summed E-state index contributed by atoms with van der Waals surface area (Å²) < 4.78 is 38.7. The van der Waals surface area contributed by atoms with Crippen molar-refractivity contribution < 1.29 is 22.7 Å². The van der Waals surface area contributed by atoms with Crippen molar-refractivity contribution in [2.75, 3.05) is 11.5 Å². The van der Waals surface area contributed by atoms with Crippen molar-refractivity contribution in [1.29, 1.82) is 0 Å². The third-order valence-corrected chi connectivity index (χ3v) is 6.33. The first-order valence-corrected chi connectivity index (χ1v) is 11.2. The van der Waals surface area contributed by atoms with Crippen molar-refractivity contribution in [2.45, 2.75) is 24.8 Å². The van der Waals surface area contributed by atoms with Crippen LogP contribution in [0.3, 0.4) is 0 Å². The van der Waals surface area contributed by atoms with Crippen molar-refractivity contribution in [3.8, 4) is 11.5 Å². The van der Waals surface area contributed by atoms with E-state index in [-0.39, 0.29) is 29.2 Å². The maximum Gasteiger partial charge on any atom is 0.261 e. The van der Waals surface area contributed by atoms with Crippen LogP contribution in [0, 0.1) is 6.92 Å². The Morgan fingerprint density at radius 1 is 0.968 bits per heavy atom. The molecule has 31 heavy (non-hydrogen) atoms. The van der Waals surface area contributed by atoms with Crippen LogP contribution >= 0.6 is 0 Å². The van der Waals surface area contributed by atoms with Gasteiger partial charge in [0.1, 0.15) is 0 Å². The third-order valence-electron chi connectivity index (χ3n) is 4.95.